The van der Waals surface area contributed by atoms with Crippen LogP contribution in [-0.4, -0.2) is 39.6 Å². The molecule has 30 heavy (non-hydrogen) atoms. The van der Waals surface area contributed by atoms with E-state index in [4.69, 9.17) is 15.5 Å². The Kier molecular flexibility index (Phi) is 5.48. The fourth-order valence-corrected chi connectivity index (χ4v) is 5.83. The molecule has 3 aromatic rings. The largest absolute Gasteiger partial charge is 0.490 e. The molecule has 1 amide bonds. The zero-order valence-electron chi connectivity index (χ0n) is 17.2. The number of primary amides is 1. The number of aromatic nitrogens is 2. The van der Waals surface area contributed by atoms with Crippen molar-refractivity contribution in [2.75, 3.05) is 13.1 Å². The van der Waals surface area contributed by atoms with Crippen molar-refractivity contribution < 1.29 is 9.53 Å². The Morgan fingerprint density at radius 2 is 2.03 bits per heavy atom. The van der Waals surface area contributed by atoms with Crippen molar-refractivity contribution in [1.82, 2.24) is 14.5 Å². The molecule has 1 aromatic carbocycles. The molecule has 2 aromatic heterocycles. The first-order valence-electron chi connectivity index (χ1n) is 10.9. The number of rotatable bonds is 6. The molecule has 7 heteroatoms. The number of likely N-dealkylation sites (tertiary alicyclic amines) is 1. The summed E-state index contributed by atoms with van der Waals surface area (Å²) in [5, 5.41) is 2.32. The van der Waals surface area contributed by atoms with Crippen LogP contribution in [0.15, 0.2) is 30.5 Å². The van der Waals surface area contributed by atoms with Crippen LogP contribution in [0.1, 0.15) is 41.3 Å². The summed E-state index contributed by atoms with van der Waals surface area (Å²) in [5.74, 6) is 0.550. The lowest BCUT2D eigenvalue weighted by Gasteiger charge is -2.31. The Labute approximate surface area is 180 Å². The number of hydrogen-bond donors (Lipinski definition) is 1. The second-order valence-electron chi connectivity index (χ2n) is 8.38. The maximum absolute atomic E-state index is 11.3. The van der Waals surface area contributed by atoms with Gasteiger partial charge in [-0.05, 0) is 56.7 Å². The summed E-state index contributed by atoms with van der Waals surface area (Å²) in [6.07, 6.45) is 9.14. The monoisotopic (exact) mass is 424 g/mol. The number of aryl methyl sites for hydroxylation is 2. The molecule has 0 unspecified atom stereocenters. The van der Waals surface area contributed by atoms with E-state index in [1.165, 1.54) is 34.8 Å². The van der Waals surface area contributed by atoms with E-state index < -0.39 is 0 Å². The van der Waals surface area contributed by atoms with Crippen LogP contribution in [0.3, 0.4) is 0 Å². The third-order valence-electron chi connectivity index (χ3n) is 6.18. The molecule has 0 atom stereocenters. The third-order valence-corrected chi connectivity index (χ3v) is 7.32. The van der Waals surface area contributed by atoms with Crippen LogP contribution in [0.2, 0.25) is 0 Å². The molecule has 1 aliphatic heterocycles. The average Bonchev–Trinajstić information content (AvgIpc) is 3.33. The smallest absolute Gasteiger partial charge is 0.237 e. The first kappa shape index (κ1) is 19.6. The molecule has 1 fully saturated rings. The van der Waals surface area contributed by atoms with Gasteiger partial charge in [-0.2, -0.15) is 0 Å². The molecule has 1 aliphatic carbocycles. The van der Waals surface area contributed by atoms with Gasteiger partial charge in [0, 0.05) is 29.5 Å². The van der Waals surface area contributed by atoms with E-state index in [-0.39, 0.29) is 18.6 Å². The van der Waals surface area contributed by atoms with Gasteiger partial charge >= 0.3 is 0 Å². The molecule has 2 aliphatic rings. The summed E-state index contributed by atoms with van der Waals surface area (Å²) in [4.78, 5) is 20.2. The van der Waals surface area contributed by atoms with Crippen molar-refractivity contribution in [2.24, 2.45) is 5.73 Å². The van der Waals surface area contributed by atoms with Gasteiger partial charge in [-0.3, -0.25) is 9.69 Å². The molecular formula is C23H28N4O2S. The predicted molar refractivity (Wildman–Crippen MR) is 119 cm³/mol. The number of amides is 1. The van der Waals surface area contributed by atoms with Gasteiger partial charge < -0.3 is 15.0 Å². The van der Waals surface area contributed by atoms with E-state index >= 15 is 0 Å². The van der Waals surface area contributed by atoms with Crippen LogP contribution in [-0.2, 0) is 30.7 Å². The van der Waals surface area contributed by atoms with E-state index in [0.29, 0.717) is 0 Å². The number of carbonyl (C=O) groups is 1. The number of fused-ring (bicyclic) bond motifs is 2. The van der Waals surface area contributed by atoms with Crippen LogP contribution in [0.25, 0.3) is 10.9 Å². The van der Waals surface area contributed by atoms with Crippen LogP contribution < -0.4 is 10.5 Å². The Morgan fingerprint density at radius 1 is 1.20 bits per heavy atom. The molecule has 0 spiro atoms. The normalized spacial score (nSPS) is 17.9. The van der Waals surface area contributed by atoms with Crippen LogP contribution in [0.4, 0.5) is 0 Å². The molecule has 0 bridgehead atoms. The number of carbonyl (C=O) groups excluding carboxylic acids is 1. The Hall–Kier alpha value is -2.38. The minimum atomic E-state index is -0.340. The minimum absolute atomic E-state index is 0.186. The molecule has 0 radical (unpaired) electrons. The van der Waals surface area contributed by atoms with Crippen LogP contribution in [0.5, 0.6) is 5.75 Å². The van der Waals surface area contributed by atoms with Crippen molar-refractivity contribution in [3.8, 4) is 5.75 Å². The standard InChI is InChI=1S/C23H28N4O2S/c24-22(28)14-27-13-10-17-19(27)5-3-6-20(17)29-16-8-11-26(12-9-16)15-23-25-18-4-1-2-7-21(18)30-23/h3,5-6,10,13,16H,1-2,4,7-9,11-12,14-15H2,(H2,24,28). The predicted octanol–water partition coefficient (Wildman–Crippen LogP) is 3.51. The maximum Gasteiger partial charge on any atom is 0.237 e. The number of benzene rings is 1. The third kappa shape index (κ3) is 4.09. The number of nitrogens with zero attached hydrogens (tertiary/aromatic N) is 3. The Balaban J connectivity index is 1.20. The second-order valence-corrected chi connectivity index (χ2v) is 9.55. The van der Waals surface area contributed by atoms with Gasteiger partial charge in [-0.1, -0.05) is 6.07 Å². The molecule has 6 nitrogen and oxygen atoms in total. The summed E-state index contributed by atoms with van der Waals surface area (Å²) in [5.41, 5.74) is 7.70. The van der Waals surface area contributed by atoms with Gasteiger partial charge in [0.1, 0.15) is 23.4 Å². The van der Waals surface area contributed by atoms with E-state index in [1.54, 1.807) is 0 Å². The van der Waals surface area contributed by atoms with Crippen molar-refractivity contribution in [3.05, 3.63) is 46.0 Å². The maximum atomic E-state index is 11.3. The highest BCUT2D eigenvalue weighted by molar-refractivity contribution is 7.11. The summed E-state index contributed by atoms with van der Waals surface area (Å²) in [6.45, 7) is 3.22. The van der Waals surface area contributed by atoms with Gasteiger partial charge in [-0.25, -0.2) is 4.98 Å². The van der Waals surface area contributed by atoms with E-state index in [1.807, 2.05) is 46.4 Å². The van der Waals surface area contributed by atoms with Gasteiger partial charge in [0.15, 0.2) is 0 Å². The molecule has 0 saturated carbocycles. The Bertz CT molecular complexity index is 1030. The summed E-state index contributed by atoms with van der Waals surface area (Å²) in [7, 11) is 0. The van der Waals surface area contributed by atoms with Crippen molar-refractivity contribution >= 4 is 28.1 Å². The number of piperidine rings is 1. The fourth-order valence-electron chi connectivity index (χ4n) is 4.63. The highest BCUT2D eigenvalue weighted by atomic mass is 32.1. The molecule has 1 saturated heterocycles. The molecule has 5 rings (SSSR count). The molecule has 2 N–H and O–H groups in total. The number of ether oxygens (including phenoxy) is 1. The lowest BCUT2D eigenvalue weighted by atomic mass is 10.0. The van der Waals surface area contributed by atoms with E-state index in [9.17, 15) is 4.79 Å². The van der Waals surface area contributed by atoms with Crippen molar-refractivity contribution in [2.45, 2.75) is 57.7 Å². The van der Waals surface area contributed by atoms with Crippen molar-refractivity contribution in [1.29, 1.82) is 0 Å². The van der Waals surface area contributed by atoms with Crippen LogP contribution >= 0.6 is 11.3 Å². The molecule has 3 heterocycles. The van der Waals surface area contributed by atoms with Crippen LogP contribution in [0, 0.1) is 0 Å². The number of hydrogen-bond acceptors (Lipinski definition) is 5. The summed E-state index contributed by atoms with van der Waals surface area (Å²) in [6, 6.07) is 8.01. The SMILES string of the molecule is NC(=O)Cn1ccc2c(OC3CCN(Cc4nc5c(s4)CCCC5)CC3)cccc21. The Morgan fingerprint density at radius 3 is 2.83 bits per heavy atom. The fraction of sp³-hybridized carbons (Fsp3) is 0.478. The highest BCUT2D eigenvalue weighted by Gasteiger charge is 2.23. The molecule has 158 valence electrons. The first-order chi connectivity index (χ1) is 14.7. The number of nitrogens with two attached hydrogens (primary N) is 1. The lowest BCUT2D eigenvalue weighted by molar-refractivity contribution is -0.118. The first-order valence-corrected chi connectivity index (χ1v) is 11.7. The zero-order chi connectivity index (χ0) is 20.5. The van der Waals surface area contributed by atoms with Gasteiger partial charge in [-0.15, -0.1) is 11.3 Å². The van der Waals surface area contributed by atoms with Crippen molar-refractivity contribution in [3.63, 3.8) is 0 Å². The minimum Gasteiger partial charge on any atom is -0.490 e. The number of thiazole rings is 1. The van der Waals surface area contributed by atoms with Gasteiger partial charge in [0.05, 0.1) is 17.8 Å². The highest BCUT2D eigenvalue weighted by Crippen LogP contribution is 2.30. The van der Waals surface area contributed by atoms with Gasteiger partial charge in [0.2, 0.25) is 5.91 Å². The van der Waals surface area contributed by atoms with Gasteiger partial charge in [0.25, 0.3) is 0 Å². The average molecular weight is 425 g/mol. The zero-order valence-corrected chi connectivity index (χ0v) is 18.0. The van der Waals surface area contributed by atoms with E-state index in [0.717, 1.165) is 55.5 Å². The quantitative estimate of drug-likeness (QED) is 0.657. The summed E-state index contributed by atoms with van der Waals surface area (Å²) < 4.78 is 8.26. The topological polar surface area (TPSA) is 73.4 Å². The lowest BCUT2D eigenvalue weighted by Crippen LogP contribution is -2.37. The summed E-state index contributed by atoms with van der Waals surface area (Å²) >= 11 is 1.92. The second kappa shape index (κ2) is 8.40. The van der Waals surface area contributed by atoms with E-state index in [2.05, 4.69) is 4.90 Å². The molecular weight excluding hydrogens is 396 g/mol.